The highest BCUT2D eigenvalue weighted by atomic mass is 16.5. The number of hydrogen-bond acceptors (Lipinski definition) is 3. The molecule has 2 atom stereocenters. The van der Waals surface area contributed by atoms with Crippen LogP contribution in [-0.4, -0.2) is 38.7 Å². The maximum Gasteiger partial charge on any atom is 0.119 e. The summed E-state index contributed by atoms with van der Waals surface area (Å²) >= 11 is 0. The summed E-state index contributed by atoms with van der Waals surface area (Å²) in [6.07, 6.45) is 1.08. The molecule has 1 aromatic carbocycles. The van der Waals surface area contributed by atoms with Gasteiger partial charge in [-0.15, -0.1) is 0 Å². The van der Waals surface area contributed by atoms with Gasteiger partial charge in [-0.05, 0) is 64.7 Å². The van der Waals surface area contributed by atoms with Crippen molar-refractivity contribution in [3.63, 3.8) is 0 Å². The molecule has 2 unspecified atom stereocenters. The molecule has 1 aromatic rings. The molecular formula is C16H28N2O. The number of methoxy groups -OCH3 is 1. The fraction of sp³-hybridized carbons (Fsp3) is 0.625. The highest BCUT2D eigenvalue weighted by molar-refractivity contribution is 5.38. The average Bonchev–Trinajstić information content (AvgIpc) is 2.40. The van der Waals surface area contributed by atoms with Gasteiger partial charge in [0.15, 0.2) is 0 Å². The van der Waals surface area contributed by atoms with E-state index < -0.39 is 0 Å². The lowest BCUT2D eigenvalue weighted by Crippen LogP contribution is -2.50. The minimum Gasteiger partial charge on any atom is -0.497 e. The van der Waals surface area contributed by atoms with Crippen molar-refractivity contribution in [3.05, 3.63) is 29.3 Å². The Kier molecular flexibility index (Phi) is 5.39. The lowest BCUT2D eigenvalue weighted by Gasteiger charge is -2.43. The van der Waals surface area contributed by atoms with Gasteiger partial charge in [0.05, 0.1) is 13.2 Å². The number of hydrogen-bond donors (Lipinski definition) is 1. The zero-order valence-corrected chi connectivity index (χ0v) is 13.4. The lowest BCUT2D eigenvalue weighted by molar-refractivity contribution is 0.116. The zero-order valence-electron chi connectivity index (χ0n) is 13.4. The van der Waals surface area contributed by atoms with E-state index in [4.69, 9.17) is 4.74 Å². The van der Waals surface area contributed by atoms with Crippen LogP contribution in [0.1, 0.15) is 37.4 Å². The minimum atomic E-state index is 0.0775. The lowest BCUT2D eigenvalue weighted by atomic mass is 9.82. The van der Waals surface area contributed by atoms with Crippen molar-refractivity contribution in [2.75, 3.05) is 28.3 Å². The van der Waals surface area contributed by atoms with Crippen molar-refractivity contribution in [1.29, 1.82) is 0 Å². The molecule has 3 nitrogen and oxygen atoms in total. The van der Waals surface area contributed by atoms with Gasteiger partial charge in [-0.3, -0.25) is 0 Å². The first-order valence-corrected chi connectivity index (χ1v) is 6.90. The second-order valence-electron chi connectivity index (χ2n) is 5.55. The Hall–Kier alpha value is -1.06. The molecule has 0 saturated heterocycles. The Morgan fingerprint density at radius 1 is 1.37 bits per heavy atom. The summed E-state index contributed by atoms with van der Waals surface area (Å²) in [6.45, 7) is 6.69. The van der Waals surface area contributed by atoms with Gasteiger partial charge in [-0.2, -0.15) is 0 Å². The third-order valence-corrected chi connectivity index (χ3v) is 4.44. The number of aryl methyl sites for hydroxylation is 1. The topological polar surface area (TPSA) is 24.5 Å². The highest BCUT2D eigenvalue weighted by Crippen LogP contribution is 2.35. The van der Waals surface area contributed by atoms with Gasteiger partial charge in [0.25, 0.3) is 0 Å². The summed E-state index contributed by atoms with van der Waals surface area (Å²) in [6, 6.07) is 6.61. The van der Waals surface area contributed by atoms with E-state index in [1.807, 2.05) is 13.1 Å². The first-order valence-electron chi connectivity index (χ1n) is 6.90. The summed E-state index contributed by atoms with van der Waals surface area (Å²) in [5, 5.41) is 3.49. The average molecular weight is 264 g/mol. The molecule has 1 rings (SSSR count). The first kappa shape index (κ1) is 16.0. The third-order valence-electron chi connectivity index (χ3n) is 4.44. The molecule has 0 saturated carbocycles. The Morgan fingerprint density at radius 3 is 2.37 bits per heavy atom. The van der Waals surface area contributed by atoms with Crippen LogP contribution in [0.2, 0.25) is 0 Å². The van der Waals surface area contributed by atoms with Crippen molar-refractivity contribution in [2.45, 2.75) is 38.8 Å². The smallest absolute Gasteiger partial charge is 0.119 e. The summed E-state index contributed by atoms with van der Waals surface area (Å²) in [7, 11) is 8.03. The largest absolute Gasteiger partial charge is 0.497 e. The molecule has 0 amide bonds. The van der Waals surface area contributed by atoms with Crippen LogP contribution in [0.5, 0.6) is 5.75 Å². The van der Waals surface area contributed by atoms with Gasteiger partial charge in [0, 0.05) is 5.54 Å². The quantitative estimate of drug-likeness (QED) is 0.855. The predicted octanol–water partition coefficient (Wildman–Crippen LogP) is 2.99. The van der Waals surface area contributed by atoms with E-state index in [9.17, 15) is 0 Å². The molecule has 0 bridgehead atoms. The van der Waals surface area contributed by atoms with Crippen LogP contribution in [0.25, 0.3) is 0 Å². The van der Waals surface area contributed by atoms with Crippen molar-refractivity contribution < 1.29 is 4.74 Å². The Balaban J connectivity index is 3.23. The maximum atomic E-state index is 5.29. The fourth-order valence-corrected chi connectivity index (χ4v) is 2.68. The molecule has 3 heteroatoms. The van der Waals surface area contributed by atoms with E-state index in [1.54, 1.807) is 7.11 Å². The molecule has 0 spiro atoms. The van der Waals surface area contributed by atoms with E-state index in [0.717, 1.165) is 12.2 Å². The van der Waals surface area contributed by atoms with Crippen LogP contribution in [-0.2, 0) is 0 Å². The third kappa shape index (κ3) is 3.10. The Labute approximate surface area is 118 Å². The molecule has 0 heterocycles. The Morgan fingerprint density at radius 2 is 2.00 bits per heavy atom. The van der Waals surface area contributed by atoms with Crippen molar-refractivity contribution in [2.24, 2.45) is 0 Å². The first-order chi connectivity index (χ1) is 8.90. The van der Waals surface area contributed by atoms with Crippen molar-refractivity contribution in [3.8, 4) is 5.75 Å². The van der Waals surface area contributed by atoms with Gasteiger partial charge < -0.3 is 15.0 Å². The molecule has 0 aliphatic heterocycles. The highest BCUT2D eigenvalue weighted by Gasteiger charge is 2.35. The molecule has 0 fully saturated rings. The van der Waals surface area contributed by atoms with Crippen molar-refractivity contribution in [1.82, 2.24) is 10.2 Å². The van der Waals surface area contributed by atoms with Gasteiger partial charge in [-0.25, -0.2) is 0 Å². The molecule has 108 valence electrons. The monoisotopic (exact) mass is 264 g/mol. The van der Waals surface area contributed by atoms with E-state index in [1.165, 1.54) is 11.1 Å². The van der Waals surface area contributed by atoms with Crippen LogP contribution in [0, 0.1) is 6.92 Å². The normalized spacial score (nSPS) is 16.2. The Bertz CT molecular complexity index is 417. The van der Waals surface area contributed by atoms with Gasteiger partial charge in [0.1, 0.15) is 5.75 Å². The zero-order chi connectivity index (χ0) is 14.6. The van der Waals surface area contributed by atoms with E-state index >= 15 is 0 Å². The minimum absolute atomic E-state index is 0.0775. The van der Waals surface area contributed by atoms with E-state index in [0.29, 0.717) is 6.04 Å². The fourth-order valence-electron chi connectivity index (χ4n) is 2.68. The number of nitrogens with one attached hydrogen (secondary N) is 1. The van der Waals surface area contributed by atoms with Crippen molar-refractivity contribution >= 4 is 0 Å². The summed E-state index contributed by atoms with van der Waals surface area (Å²) in [4.78, 5) is 2.30. The number of nitrogens with zero attached hydrogens (tertiary/aromatic N) is 1. The van der Waals surface area contributed by atoms with Crippen LogP contribution in [0.3, 0.4) is 0 Å². The SMILES string of the molecule is CCC(C)(C(NC)c1ccc(OC)cc1C)N(C)C. The molecule has 0 aliphatic rings. The number of benzene rings is 1. The van der Waals surface area contributed by atoms with Crippen LogP contribution < -0.4 is 10.1 Å². The molecule has 0 aromatic heterocycles. The van der Waals surface area contributed by atoms with E-state index in [-0.39, 0.29) is 5.54 Å². The van der Waals surface area contributed by atoms with Crippen LogP contribution >= 0.6 is 0 Å². The molecule has 0 aliphatic carbocycles. The van der Waals surface area contributed by atoms with Gasteiger partial charge in [-0.1, -0.05) is 13.0 Å². The number of rotatable bonds is 6. The summed E-state index contributed by atoms with van der Waals surface area (Å²) in [5.41, 5.74) is 2.68. The summed E-state index contributed by atoms with van der Waals surface area (Å²) < 4.78 is 5.29. The van der Waals surface area contributed by atoms with Crippen LogP contribution in [0.4, 0.5) is 0 Å². The number of ether oxygens (including phenoxy) is 1. The molecular weight excluding hydrogens is 236 g/mol. The standard InChI is InChI=1S/C16H28N2O/c1-8-16(3,18(5)6)15(17-4)14-10-9-13(19-7)11-12(14)2/h9-11,15,17H,8H2,1-7H3. The van der Waals surface area contributed by atoms with Gasteiger partial charge in [0.2, 0.25) is 0 Å². The predicted molar refractivity (Wildman–Crippen MR) is 81.9 cm³/mol. The molecule has 19 heavy (non-hydrogen) atoms. The van der Waals surface area contributed by atoms with Gasteiger partial charge >= 0.3 is 0 Å². The van der Waals surface area contributed by atoms with Crippen LogP contribution in [0.15, 0.2) is 18.2 Å². The molecule has 0 radical (unpaired) electrons. The second-order valence-corrected chi connectivity index (χ2v) is 5.55. The van der Waals surface area contributed by atoms with E-state index in [2.05, 4.69) is 57.2 Å². The number of likely N-dealkylation sites (N-methyl/N-ethyl adjacent to an activating group) is 2. The second kappa shape index (κ2) is 6.40. The molecule has 1 N–H and O–H groups in total. The summed E-state index contributed by atoms with van der Waals surface area (Å²) in [5.74, 6) is 0.916. The maximum absolute atomic E-state index is 5.29.